The molecule has 0 aliphatic carbocycles. The molecule has 82 valence electrons. The minimum absolute atomic E-state index is 0.266. The van der Waals surface area contributed by atoms with Gasteiger partial charge in [0.15, 0.2) is 0 Å². The van der Waals surface area contributed by atoms with Crippen LogP contribution in [0.15, 0.2) is 0 Å². The average molecular weight is 223 g/mol. The summed E-state index contributed by atoms with van der Waals surface area (Å²) in [4.78, 5) is 20.6. The molecule has 0 aromatic heterocycles. The van der Waals surface area contributed by atoms with Gasteiger partial charge in [0.25, 0.3) is 0 Å². The van der Waals surface area contributed by atoms with Gasteiger partial charge in [0, 0.05) is 5.75 Å². The third kappa shape index (κ3) is 5.79. The molecule has 0 heterocycles. The van der Waals surface area contributed by atoms with E-state index in [4.69, 9.17) is 21.7 Å². The summed E-state index contributed by atoms with van der Waals surface area (Å²) >= 11 is 1.29. The molecule has 0 fully saturated rings. The van der Waals surface area contributed by atoms with Crippen LogP contribution in [0, 0.1) is 0 Å². The van der Waals surface area contributed by atoms with E-state index in [0.717, 1.165) is 0 Å². The van der Waals surface area contributed by atoms with Crippen molar-refractivity contribution >= 4 is 23.7 Å². The summed E-state index contributed by atoms with van der Waals surface area (Å²) in [7, 11) is 0. The smallest absolute Gasteiger partial charge is 0.321 e. The first-order valence-corrected chi connectivity index (χ1v) is 5.15. The standard InChI is InChI=1S/C7H14N2O4S/c8-4(6(10)11)1-2-14-3-5(9)7(12)13/h4-5H,1-3,8-9H2,(H,10,11)(H,12,13)/i4+1. The molecule has 0 aliphatic rings. The highest BCUT2D eigenvalue weighted by Crippen LogP contribution is 2.05. The molecular formula is C7H14N2O4S. The lowest BCUT2D eigenvalue weighted by Gasteiger charge is -2.07. The van der Waals surface area contributed by atoms with Crippen molar-refractivity contribution in [1.82, 2.24) is 0 Å². The van der Waals surface area contributed by atoms with Gasteiger partial charge in [0.1, 0.15) is 12.1 Å². The topological polar surface area (TPSA) is 127 Å². The van der Waals surface area contributed by atoms with Crippen LogP contribution >= 0.6 is 11.8 Å². The van der Waals surface area contributed by atoms with Gasteiger partial charge in [-0.25, -0.2) is 0 Å². The summed E-state index contributed by atoms with van der Waals surface area (Å²) in [6.45, 7) is 0. The van der Waals surface area contributed by atoms with E-state index >= 15 is 0 Å². The second kappa shape index (κ2) is 6.63. The first-order chi connectivity index (χ1) is 6.45. The Kier molecular flexibility index (Phi) is 6.26. The van der Waals surface area contributed by atoms with Gasteiger partial charge < -0.3 is 21.7 Å². The zero-order valence-electron chi connectivity index (χ0n) is 7.55. The highest BCUT2D eigenvalue weighted by molar-refractivity contribution is 7.99. The molecule has 6 N–H and O–H groups in total. The van der Waals surface area contributed by atoms with E-state index in [-0.39, 0.29) is 5.75 Å². The maximum Gasteiger partial charge on any atom is 0.321 e. The summed E-state index contributed by atoms with van der Waals surface area (Å²) in [5, 5.41) is 16.8. The molecule has 14 heavy (non-hydrogen) atoms. The molecule has 0 aromatic rings. The van der Waals surface area contributed by atoms with Crippen LogP contribution in [0.4, 0.5) is 0 Å². The Morgan fingerprint density at radius 1 is 1.14 bits per heavy atom. The number of hydrogen-bond donors (Lipinski definition) is 4. The van der Waals surface area contributed by atoms with E-state index in [1.807, 2.05) is 0 Å². The minimum Gasteiger partial charge on any atom is -0.480 e. The lowest BCUT2D eigenvalue weighted by atomic mass is 10.4. The minimum atomic E-state index is -1.06. The van der Waals surface area contributed by atoms with Crippen LogP contribution < -0.4 is 11.5 Å². The van der Waals surface area contributed by atoms with E-state index in [1.165, 1.54) is 11.8 Å². The van der Waals surface area contributed by atoms with Crippen LogP contribution in [-0.2, 0) is 9.59 Å². The Labute approximate surface area is 85.6 Å². The zero-order chi connectivity index (χ0) is 11.1. The molecule has 2 unspecified atom stereocenters. The number of rotatable bonds is 7. The predicted octanol–water partition coefficient (Wildman–Crippen LogP) is -1.07. The van der Waals surface area contributed by atoms with Crippen LogP contribution in [0.3, 0.4) is 0 Å². The molecule has 0 bridgehead atoms. The van der Waals surface area contributed by atoms with Crippen LogP contribution in [0.1, 0.15) is 6.42 Å². The SMILES string of the molecule is NC(CSCC[13CH](N)C(=O)O)C(=O)O. The molecule has 6 nitrogen and oxygen atoms in total. The van der Waals surface area contributed by atoms with E-state index in [1.54, 1.807) is 0 Å². The fourth-order valence-corrected chi connectivity index (χ4v) is 1.60. The Bertz CT molecular complexity index is 190. The van der Waals surface area contributed by atoms with Crippen molar-refractivity contribution in [2.24, 2.45) is 11.5 Å². The maximum absolute atomic E-state index is 10.3. The monoisotopic (exact) mass is 223 g/mol. The summed E-state index contributed by atoms with van der Waals surface area (Å²) in [5.41, 5.74) is 10.5. The van der Waals surface area contributed by atoms with Gasteiger partial charge in [-0.3, -0.25) is 9.59 Å². The average Bonchev–Trinajstić information content (AvgIpc) is 2.11. The van der Waals surface area contributed by atoms with Gasteiger partial charge >= 0.3 is 11.9 Å². The number of carboxylic acid groups (broad SMARTS) is 2. The summed E-state index contributed by atoms with van der Waals surface area (Å²) in [6, 6.07) is -1.79. The zero-order valence-corrected chi connectivity index (χ0v) is 8.37. The molecule has 2 atom stereocenters. The van der Waals surface area contributed by atoms with E-state index in [9.17, 15) is 9.59 Å². The number of aliphatic carboxylic acids is 2. The first-order valence-electron chi connectivity index (χ1n) is 3.99. The number of carboxylic acids is 2. The molecule has 0 aliphatic heterocycles. The first kappa shape index (κ1) is 13.2. The second-order valence-corrected chi connectivity index (χ2v) is 3.90. The fraction of sp³-hybridized carbons (Fsp3) is 0.714. The molecule has 0 radical (unpaired) electrons. The molecule has 0 rings (SSSR count). The van der Waals surface area contributed by atoms with Crippen molar-refractivity contribution in [3.63, 3.8) is 0 Å². The Morgan fingerprint density at radius 2 is 1.64 bits per heavy atom. The number of carbonyl (C=O) groups is 2. The van der Waals surface area contributed by atoms with Gasteiger partial charge in [-0.2, -0.15) is 11.8 Å². The van der Waals surface area contributed by atoms with E-state index < -0.39 is 24.0 Å². The van der Waals surface area contributed by atoms with Crippen molar-refractivity contribution in [1.29, 1.82) is 0 Å². The van der Waals surface area contributed by atoms with Crippen molar-refractivity contribution in [3.05, 3.63) is 0 Å². The Hall–Kier alpha value is -0.790. The van der Waals surface area contributed by atoms with E-state index in [2.05, 4.69) is 0 Å². The van der Waals surface area contributed by atoms with Crippen molar-refractivity contribution in [2.75, 3.05) is 11.5 Å². The van der Waals surface area contributed by atoms with Gasteiger partial charge in [0.05, 0.1) is 0 Å². The Balaban J connectivity index is 3.47. The number of nitrogens with two attached hydrogens (primary N) is 2. The number of thioether (sulfide) groups is 1. The van der Waals surface area contributed by atoms with Crippen molar-refractivity contribution in [3.8, 4) is 0 Å². The van der Waals surface area contributed by atoms with Crippen LogP contribution in [0.2, 0.25) is 0 Å². The summed E-state index contributed by atoms with van der Waals surface area (Å²) in [6.07, 6.45) is 0.312. The van der Waals surface area contributed by atoms with E-state index in [0.29, 0.717) is 12.2 Å². The van der Waals surface area contributed by atoms with Crippen molar-refractivity contribution in [2.45, 2.75) is 18.5 Å². The van der Waals surface area contributed by atoms with Crippen molar-refractivity contribution < 1.29 is 19.8 Å². The fourth-order valence-electron chi connectivity index (χ4n) is 0.615. The van der Waals surface area contributed by atoms with Crippen LogP contribution in [0.5, 0.6) is 0 Å². The summed E-state index contributed by atoms with van der Waals surface area (Å²) in [5.74, 6) is -1.34. The molecule has 0 amide bonds. The predicted molar refractivity (Wildman–Crippen MR) is 53.2 cm³/mol. The molecule has 0 saturated heterocycles. The third-order valence-corrected chi connectivity index (χ3v) is 2.62. The van der Waals surface area contributed by atoms with Gasteiger partial charge in [-0.05, 0) is 12.2 Å². The van der Waals surface area contributed by atoms with Crippen LogP contribution in [-0.4, -0.2) is 45.7 Å². The third-order valence-electron chi connectivity index (χ3n) is 1.50. The number of hydrogen-bond acceptors (Lipinski definition) is 5. The highest BCUT2D eigenvalue weighted by atomic mass is 32.2. The van der Waals surface area contributed by atoms with Gasteiger partial charge in [-0.1, -0.05) is 0 Å². The lowest BCUT2D eigenvalue weighted by Crippen LogP contribution is -2.33. The molecular weight excluding hydrogens is 209 g/mol. The summed E-state index contributed by atoms with van der Waals surface area (Å²) < 4.78 is 0. The second-order valence-electron chi connectivity index (χ2n) is 2.75. The van der Waals surface area contributed by atoms with Gasteiger partial charge in [0.2, 0.25) is 0 Å². The molecule has 0 saturated carbocycles. The Morgan fingerprint density at radius 3 is 2.07 bits per heavy atom. The van der Waals surface area contributed by atoms with Gasteiger partial charge in [-0.15, -0.1) is 0 Å². The molecule has 7 heteroatoms. The lowest BCUT2D eigenvalue weighted by molar-refractivity contribution is -0.139. The molecule has 0 spiro atoms. The maximum atomic E-state index is 10.3. The highest BCUT2D eigenvalue weighted by Gasteiger charge is 2.13. The quantitative estimate of drug-likeness (QED) is 0.320. The van der Waals surface area contributed by atoms with Crippen LogP contribution in [0.25, 0.3) is 0 Å². The molecule has 0 aromatic carbocycles. The normalized spacial score (nSPS) is 14.7. The largest absolute Gasteiger partial charge is 0.480 e.